The lowest BCUT2D eigenvalue weighted by atomic mass is 10.1. The largest absolute Gasteiger partial charge is 0.507 e. The molecule has 0 aliphatic heterocycles. The van der Waals surface area contributed by atoms with Crippen LogP contribution in [0.1, 0.15) is 18.7 Å². The van der Waals surface area contributed by atoms with Gasteiger partial charge in [0, 0.05) is 12.0 Å². The number of aromatic hydroxyl groups is 1. The molecule has 1 N–H and O–H groups in total. The Morgan fingerprint density at radius 2 is 2.00 bits per heavy atom. The molecular weight excluding hydrogens is 274 g/mol. The molecule has 0 spiro atoms. The first-order chi connectivity index (χ1) is 10.7. The van der Waals surface area contributed by atoms with Crippen LogP contribution in [0.3, 0.4) is 0 Å². The van der Waals surface area contributed by atoms with Crippen LogP contribution in [-0.4, -0.2) is 19.7 Å². The van der Waals surface area contributed by atoms with Gasteiger partial charge in [-0.1, -0.05) is 30.4 Å². The van der Waals surface area contributed by atoms with Crippen LogP contribution in [0.15, 0.2) is 54.6 Å². The van der Waals surface area contributed by atoms with E-state index in [1.165, 1.54) is 18.4 Å². The molecule has 1 saturated carbocycles. The molecule has 1 fully saturated rings. The first kappa shape index (κ1) is 13.1. The van der Waals surface area contributed by atoms with E-state index in [1.807, 2.05) is 36.4 Å². The minimum atomic E-state index is 0.245. The molecule has 4 rings (SSSR count). The zero-order valence-electron chi connectivity index (χ0n) is 12.2. The number of hydrogen-bond acceptors (Lipinski definition) is 3. The number of fused-ring (bicyclic) bond motifs is 1. The van der Waals surface area contributed by atoms with Crippen LogP contribution in [0.5, 0.6) is 5.75 Å². The zero-order chi connectivity index (χ0) is 15.1. The second-order valence-corrected chi connectivity index (χ2v) is 5.84. The Kier molecular flexibility index (Phi) is 2.96. The van der Waals surface area contributed by atoms with E-state index >= 15 is 0 Å². The van der Waals surface area contributed by atoms with Gasteiger partial charge in [-0.2, -0.15) is 5.10 Å². The molecule has 0 bridgehead atoms. The second kappa shape index (κ2) is 4.98. The van der Waals surface area contributed by atoms with E-state index in [0.717, 1.165) is 29.1 Å². The molecule has 1 aliphatic carbocycles. The Balaban J connectivity index is 1.78. The van der Waals surface area contributed by atoms with Crippen molar-refractivity contribution in [3.63, 3.8) is 0 Å². The summed E-state index contributed by atoms with van der Waals surface area (Å²) in [5, 5.41) is 14.7. The van der Waals surface area contributed by atoms with Crippen molar-refractivity contribution in [1.29, 1.82) is 0 Å². The molecule has 22 heavy (non-hydrogen) atoms. The van der Waals surface area contributed by atoms with E-state index in [1.54, 1.807) is 10.6 Å². The van der Waals surface area contributed by atoms with Gasteiger partial charge in [-0.05, 0) is 43.0 Å². The summed E-state index contributed by atoms with van der Waals surface area (Å²) >= 11 is 0. The fraction of sp³-hybridized carbons (Fsp3) is 0.222. The fourth-order valence-corrected chi connectivity index (χ4v) is 2.76. The number of nitrogens with zero attached hydrogens (tertiary/aromatic N) is 3. The van der Waals surface area contributed by atoms with Crippen LogP contribution < -0.4 is 0 Å². The summed E-state index contributed by atoms with van der Waals surface area (Å²) in [6, 6.07) is 13.1. The number of rotatable bonds is 4. The van der Waals surface area contributed by atoms with E-state index in [4.69, 9.17) is 0 Å². The Labute approximate surface area is 128 Å². The number of benzene rings is 1. The van der Waals surface area contributed by atoms with Gasteiger partial charge < -0.3 is 5.11 Å². The maximum atomic E-state index is 10.1. The monoisotopic (exact) mass is 291 g/mol. The Morgan fingerprint density at radius 3 is 2.77 bits per heavy atom. The van der Waals surface area contributed by atoms with Crippen molar-refractivity contribution >= 4 is 5.65 Å². The molecule has 0 amide bonds. The summed E-state index contributed by atoms with van der Waals surface area (Å²) < 4.78 is 1.80. The standard InChI is InChI=1S/C18H17N3O/c1-12(13-9-10-13)11-17-19-18-8-4-6-15(21(18)20-17)14-5-2-3-7-16(14)22/h2-8,13,22H,1,9-11H2. The number of allylic oxidation sites excluding steroid dienone is 1. The summed E-state index contributed by atoms with van der Waals surface area (Å²) in [7, 11) is 0. The lowest BCUT2D eigenvalue weighted by Gasteiger charge is -2.05. The topological polar surface area (TPSA) is 50.4 Å². The van der Waals surface area contributed by atoms with E-state index in [9.17, 15) is 5.11 Å². The first-order valence-corrected chi connectivity index (χ1v) is 7.53. The molecule has 1 aliphatic rings. The van der Waals surface area contributed by atoms with Gasteiger partial charge in [-0.25, -0.2) is 9.50 Å². The van der Waals surface area contributed by atoms with Crippen molar-refractivity contribution in [3.05, 3.63) is 60.4 Å². The van der Waals surface area contributed by atoms with Crippen LogP contribution in [0, 0.1) is 5.92 Å². The van der Waals surface area contributed by atoms with Gasteiger partial charge in [0.25, 0.3) is 0 Å². The molecule has 0 radical (unpaired) electrons. The first-order valence-electron chi connectivity index (χ1n) is 7.53. The molecule has 0 unspecified atom stereocenters. The van der Waals surface area contributed by atoms with Crippen molar-refractivity contribution in [3.8, 4) is 17.0 Å². The molecule has 4 nitrogen and oxygen atoms in total. The van der Waals surface area contributed by atoms with E-state index in [0.29, 0.717) is 5.92 Å². The summed E-state index contributed by atoms with van der Waals surface area (Å²) in [6.07, 6.45) is 3.22. The number of phenols is 1. The minimum Gasteiger partial charge on any atom is -0.507 e. The number of aromatic nitrogens is 3. The van der Waals surface area contributed by atoms with Gasteiger partial charge in [0.1, 0.15) is 5.75 Å². The minimum absolute atomic E-state index is 0.245. The van der Waals surface area contributed by atoms with Crippen LogP contribution in [0.4, 0.5) is 0 Å². The van der Waals surface area contributed by atoms with Crippen molar-refractivity contribution in [2.24, 2.45) is 5.92 Å². The predicted octanol–water partition coefficient (Wildman–Crippen LogP) is 3.61. The van der Waals surface area contributed by atoms with Crippen molar-refractivity contribution in [1.82, 2.24) is 14.6 Å². The highest BCUT2D eigenvalue weighted by Gasteiger charge is 2.25. The number of para-hydroxylation sites is 1. The quantitative estimate of drug-likeness (QED) is 0.747. The van der Waals surface area contributed by atoms with Crippen LogP contribution >= 0.6 is 0 Å². The molecule has 1 aromatic carbocycles. The van der Waals surface area contributed by atoms with Crippen LogP contribution in [0.2, 0.25) is 0 Å². The molecule has 110 valence electrons. The van der Waals surface area contributed by atoms with E-state index in [2.05, 4.69) is 16.7 Å². The van der Waals surface area contributed by atoms with Crippen molar-refractivity contribution < 1.29 is 5.11 Å². The molecule has 0 saturated heterocycles. The molecule has 3 aromatic rings. The Bertz CT molecular complexity index is 862. The lowest BCUT2D eigenvalue weighted by Crippen LogP contribution is -1.96. The van der Waals surface area contributed by atoms with Gasteiger partial charge in [0.15, 0.2) is 11.5 Å². The van der Waals surface area contributed by atoms with Crippen molar-refractivity contribution in [2.75, 3.05) is 0 Å². The van der Waals surface area contributed by atoms with Gasteiger partial charge in [-0.15, -0.1) is 0 Å². The molecule has 0 atom stereocenters. The maximum absolute atomic E-state index is 10.1. The second-order valence-electron chi connectivity index (χ2n) is 5.84. The molecular formula is C18H17N3O. The summed E-state index contributed by atoms with van der Waals surface area (Å²) in [5.74, 6) is 1.69. The van der Waals surface area contributed by atoms with Crippen LogP contribution in [-0.2, 0) is 6.42 Å². The Hall–Kier alpha value is -2.62. The maximum Gasteiger partial charge on any atom is 0.156 e. The number of phenolic OH excluding ortho intramolecular Hbond substituents is 1. The average molecular weight is 291 g/mol. The average Bonchev–Trinajstić information content (AvgIpc) is 3.28. The number of pyridine rings is 1. The highest BCUT2D eigenvalue weighted by molar-refractivity contribution is 5.68. The zero-order valence-corrected chi connectivity index (χ0v) is 12.2. The molecule has 2 aromatic heterocycles. The smallest absolute Gasteiger partial charge is 0.156 e. The summed E-state index contributed by atoms with van der Waals surface area (Å²) in [6.45, 7) is 4.15. The van der Waals surface area contributed by atoms with Crippen molar-refractivity contribution in [2.45, 2.75) is 19.3 Å². The van der Waals surface area contributed by atoms with Crippen LogP contribution in [0.25, 0.3) is 16.9 Å². The highest BCUT2D eigenvalue weighted by atomic mass is 16.3. The third kappa shape index (κ3) is 2.26. The molecule has 4 heteroatoms. The SMILES string of the molecule is C=C(Cc1nc2cccc(-c3ccccc3O)n2n1)C1CC1. The normalized spacial score (nSPS) is 14.4. The van der Waals surface area contributed by atoms with Gasteiger partial charge in [0.2, 0.25) is 0 Å². The number of hydrogen-bond donors (Lipinski definition) is 1. The predicted molar refractivity (Wildman–Crippen MR) is 85.7 cm³/mol. The third-order valence-electron chi connectivity index (χ3n) is 4.12. The van der Waals surface area contributed by atoms with Gasteiger partial charge in [-0.3, -0.25) is 0 Å². The summed E-state index contributed by atoms with van der Waals surface area (Å²) in [5.41, 5.74) is 3.61. The van der Waals surface area contributed by atoms with E-state index < -0.39 is 0 Å². The summed E-state index contributed by atoms with van der Waals surface area (Å²) in [4.78, 5) is 4.59. The highest BCUT2D eigenvalue weighted by Crippen LogP contribution is 2.36. The Morgan fingerprint density at radius 1 is 1.18 bits per heavy atom. The van der Waals surface area contributed by atoms with Gasteiger partial charge >= 0.3 is 0 Å². The third-order valence-corrected chi connectivity index (χ3v) is 4.12. The van der Waals surface area contributed by atoms with E-state index in [-0.39, 0.29) is 5.75 Å². The van der Waals surface area contributed by atoms with Gasteiger partial charge in [0.05, 0.1) is 5.69 Å². The lowest BCUT2D eigenvalue weighted by molar-refractivity contribution is 0.477. The molecule has 2 heterocycles. The fourth-order valence-electron chi connectivity index (χ4n) is 2.76.